The van der Waals surface area contributed by atoms with Crippen molar-refractivity contribution in [1.29, 1.82) is 0 Å². The summed E-state index contributed by atoms with van der Waals surface area (Å²) < 4.78 is 0. The number of carbonyl (C=O) groups is 1. The van der Waals surface area contributed by atoms with Crippen LogP contribution in [-0.4, -0.2) is 11.6 Å². The van der Waals surface area contributed by atoms with Crippen LogP contribution in [0.2, 0.25) is 0 Å². The zero-order valence-electron chi connectivity index (χ0n) is 8.32. The molecule has 1 amide bonds. The van der Waals surface area contributed by atoms with Gasteiger partial charge in [-0.3, -0.25) is 4.79 Å². The molecule has 3 rings (SSSR count). The van der Waals surface area contributed by atoms with Gasteiger partial charge < -0.3 is 0 Å². The second-order valence-corrected chi connectivity index (χ2v) is 3.76. The maximum Gasteiger partial charge on any atom is 0.277 e. The Morgan fingerprint density at radius 3 is 2.73 bits per heavy atom. The van der Waals surface area contributed by atoms with Gasteiger partial charge in [-0.15, -0.1) is 0 Å². The van der Waals surface area contributed by atoms with Crippen molar-refractivity contribution in [2.24, 2.45) is 4.99 Å². The zero-order chi connectivity index (χ0) is 10.4. The molecule has 0 saturated carbocycles. The highest BCUT2D eigenvalue weighted by Gasteiger charge is 2.26. The van der Waals surface area contributed by atoms with Crippen LogP contribution in [0.5, 0.6) is 0 Å². The minimum absolute atomic E-state index is 0.124. The van der Waals surface area contributed by atoms with E-state index >= 15 is 0 Å². The van der Waals surface area contributed by atoms with Gasteiger partial charge in [0.1, 0.15) is 0 Å². The Bertz CT molecular complexity index is 562. The Hall–Kier alpha value is -1.96. The lowest BCUT2D eigenvalue weighted by Gasteiger charge is -2.09. The Kier molecular flexibility index (Phi) is 1.54. The summed E-state index contributed by atoms with van der Waals surface area (Å²) in [6, 6.07) is 8.02. The van der Waals surface area contributed by atoms with Crippen molar-refractivity contribution in [2.45, 2.75) is 6.92 Å². The second-order valence-electron chi connectivity index (χ2n) is 3.76. The highest BCUT2D eigenvalue weighted by atomic mass is 16.1. The molecule has 0 unspecified atom stereocenters. The molecule has 0 atom stereocenters. The molecule has 1 aliphatic carbocycles. The fraction of sp³-hybridized carbons (Fsp3) is 0.0769. The summed E-state index contributed by atoms with van der Waals surface area (Å²) in [7, 11) is 0. The van der Waals surface area contributed by atoms with Gasteiger partial charge in [0.05, 0.1) is 5.57 Å². The first-order chi connectivity index (χ1) is 7.25. The number of hydrogen-bond donors (Lipinski definition) is 0. The molecule has 2 aliphatic rings. The predicted octanol–water partition coefficient (Wildman–Crippen LogP) is 2.47. The van der Waals surface area contributed by atoms with Crippen molar-refractivity contribution in [1.82, 2.24) is 0 Å². The molecule has 1 heterocycles. The summed E-state index contributed by atoms with van der Waals surface area (Å²) >= 11 is 0. The Morgan fingerprint density at radius 1 is 1.07 bits per heavy atom. The number of benzene rings is 1. The average Bonchev–Trinajstić information content (AvgIpc) is 2.57. The van der Waals surface area contributed by atoms with Crippen LogP contribution in [0.1, 0.15) is 18.1 Å². The van der Waals surface area contributed by atoms with Crippen LogP contribution in [0, 0.1) is 0 Å². The van der Waals surface area contributed by atoms with Gasteiger partial charge in [0.25, 0.3) is 5.91 Å². The van der Waals surface area contributed by atoms with Crippen LogP contribution in [0.25, 0.3) is 11.6 Å². The second kappa shape index (κ2) is 2.76. The molecule has 0 fully saturated rings. The van der Waals surface area contributed by atoms with Gasteiger partial charge in [0.2, 0.25) is 0 Å². The molecule has 0 bridgehead atoms. The zero-order valence-corrected chi connectivity index (χ0v) is 8.32. The highest BCUT2D eigenvalue weighted by molar-refractivity contribution is 6.26. The van der Waals surface area contributed by atoms with E-state index in [2.05, 4.69) is 4.99 Å². The normalized spacial score (nSPS) is 17.7. The summed E-state index contributed by atoms with van der Waals surface area (Å²) in [5.74, 6) is -0.124. The molecule has 0 N–H and O–H groups in total. The van der Waals surface area contributed by atoms with Crippen molar-refractivity contribution < 1.29 is 4.79 Å². The minimum atomic E-state index is -0.124. The number of hydrogen-bond acceptors (Lipinski definition) is 1. The number of dihydropyridines is 1. The number of carbonyl (C=O) groups excluding carboxylic acids is 1. The molecule has 72 valence electrons. The first-order valence-corrected chi connectivity index (χ1v) is 4.88. The smallest absolute Gasteiger partial charge is 0.267 e. The van der Waals surface area contributed by atoms with Crippen molar-refractivity contribution in [3.63, 3.8) is 0 Å². The van der Waals surface area contributed by atoms with Crippen LogP contribution in [0.15, 0.2) is 40.9 Å². The lowest BCUT2D eigenvalue weighted by atomic mass is 9.99. The van der Waals surface area contributed by atoms with Gasteiger partial charge >= 0.3 is 0 Å². The van der Waals surface area contributed by atoms with E-state index in [1.165, 1.54) is 0 Å². The number of rotatable bonds is 0. The molecular formula is C13H9NO. The fourth-order valence-corrected chi connectivity index (χ4v) is 2.04. The van der Waals surface area contributed by atoms with Gasteiger partial charge in [-0.25, -0.2) is 4.99 Å². The van der Waals surface area contributed by atoms with Crippen molar-refractivity contribution in [3.05, 3.63) is 47.0 Å². The Balaban J connectivity index is 2.28. The Morgan fingerprint density at radius 2 is 1.87 bits per heavy atom. The predicted molar refractivity (Wildman–Crippen MR) is 60.5 cm³/mol. The van der Waals surface area contributed by atoms with E-state index in [1.54, 1.807) is 0 Å². The van der Waals surface area contributed by atoms with Crippen LogP contribution < -0.4 is 0 Å². The topological polar surface area (TPSA) is 29.4 Å². The summed E-state index contributed by atoms with van der Waals surface area (Å²) in [4.78, 5) is 15.6. The molecule has 2 nitrogen and oxygen atoms in total. The van der Waals surface area contributed by atoms with Gasteiger partial charge in [-0.05, 0) is 35.8 Å². The third-order valence-corrected chi connectivity index (χ3v) is 2.70. The van der Waals surface area contributed by atoms with E-state index in [-0.39, 0.29) is 5.91 Å². The summed E-state index contributed by atoms with van der Waals surface area (Å²) in [5, 5.41) is 0. The maximum absolute atomic E-state index is 11.7. The molecule has 0 saturated heterocycles. The van der Waals surface area contributed by atoms with Crippen molar-refractivity contribution >= 4 is 23.3 Å². The highest BCUT2D eigenvalue weighted by Crippen LogP contribution is 2.37. The van der Waals surface area contributed by atoms with Crippen molar-refractivity contribution in [2.75, 3.05) is 0 Å². The Labute approximate surface area is 87.7 Å². The van der Waals surface area contributed by atoms with Crippen LogP contribution >= 0.6 is 0 Å². The third-order valence-electron chi connectivity index (χ3n) is 2.70. The van der Waals surface area contributed by atoms with Crippen LogP contribution in [-0.2, 0) is 4.79 Å². The number of aliphatic imine (C=N–C) groups is 1. The molecular weight excluding hydrogens is 186 g/mol. The fourth-order valence-electron chi connectivity index (χ4n) is 2.04. The number of nitrogens with zero attached hydrogens (tertiary/aromatic N) is 1. The summed E-state index contributed by atoms with van der Waals surface area (Å²) in [6.45, 7) is 1.85. The molecule has 1 aromatic rings. The largest absolute Gasteiger partial charge is 0.277 e. The SMILES string of the molecule is CC1=NC(=O)C2=Cc3ccccc3C2=C1. The van der Waals surface area contributed by atoms with E-state index in [1.807, 2.05) is 43.3 Å². The molecule has 1 aliphatic heterocycles. The number of fused-ring (bicyclic) bond motifs is 3. The minimum Gasteiger partial charge on any atom is -0.267 e. The quantitative estimate of drug-likeness (QED) is 0.625. The average molecular weight is 195 g/mol. The van der Waals surface area contributed by atoms with E-state index in [4.69, 9.17) is 0 Å². The van der Waals surface area contributed by atoms with Gasteiger partial charge in [0.15, 0.2) is 0 Å². The van der Waals surface area contributed by atoms with Crippen LogP contribution in [0.4, 0.5) is 0 Å². The molecule has 15 heavy (non-hydrogen) atoms. The molecule has 2 heteroatoms. The van der Waals surface area contributed by atoms with E-state index in [0.29, 0.717) is 0 Å². The first-order valence-electron chi connectivity index (χ1n) is 4.88. The third kappa shape index (κ3) is 1.11. The monoisotopic (exact) mass is 195 g/mol. The number of amides is 1. The molecule has 0 aromatic heterocycles. The summed E-state index contributed by atoms with van der Waals surface area (Å²) in [6.07, 6.45) is 3.89. The van der Waals surface area contributed by atoms with Gasteiger partial charge in [0, 0.05) is 5.71 Å². The van der Waals surface area contributed by atoms with E-state index in [0.717, 1.165) is 28.0 Å². The van der Waals surface area contributed by atoms with Crippen LogP contribution in [0.3, 0.4) is 0 Å². The summed E-state index contributed by atoms with van der Waals surface area (Å²) in [5.41, 5.74) is 4.76. The standard InChI is InChI=1S/C13H9NO/c1-8-6-11-10-5-3-2-4-9(10)7-12(11)13(15)14-8/h2-7H,1H3. The first kappa shape index (κ1) is 8.36. The number of allylic oxidation sites excluding steroid dienone is 1. The molecule has 1 aromatic carbocycles. The van der Waals surface area contributed by atoms with Crippen molar-refractivity contribution in [3.8, 4) is 0 Å². The lowest BCUT2D eigenvalue weighted by Crippen LogP contribution is -2.07. The van der Waals surface area contributed by atoms with Gasteiger partial charge in [-0.2, -0.15) is 0 Å². The van der Waals surface area contributed by atoms with Gasteiger partial charge in [-0.1, -0.05) is 24.3 Å². The molecule has 0 radical (unpaired) electrons. The lowest BCUT2D eigenvalue weighted by molar-refractivity contribution is -0.113. The molecule has 0 spiro atoms. The van der Waals surface area contributed by atoms with E-state index < -0.39 is 0 Å². The van der Waals surface area contributed by atoms with E-state index in [9.17, 15) is 4.79 Å². The maximum atomic E-state index is 11.7.